The Morgan fingerprint density at radius 3 is 2.59 bits per heavy atom. The number of halogens is 1. The maximum Gasteiger partial charge on any atom is 0.254 e. The third-order valence-electron chi connectivity index (χ3n) is 5.60. The van der Waals surface area contributed by atoms with Gasteiger partial charge in [-0.25, -0.2) is 8.42 Å². The topological polar surface area (TPSA) is 90.7 Å². The zero-order chi connectivity index (χ0) is 23.8. The molecule has 10 heteroatoms. The largest absolute Gasteiger partial charge is 0.493 e. The van der Waals surface area contributed by atoms with Crippen LogP contribution >= 0.6 is 11.6 Å². The summed E-state index contributed by atoms with van der Waals surface area (Å²) >= 11 is 6.38. The Morgan fingerprint density at radius 2 is 2.03 bits per heavy atom. The van der Waals surface area contributed by atoms with E-state index in [1.807, 2.05) is 27.7 Å². The van der Waals surface area contributed by atoms with Crippen LogP contribution in [-0.4, -0.2) is 60.8 Å². The number of nitrogens with zero attached hydrogens (tertiary/aromatic N) is 3. The molecule has 32 heavy (non-hydrogen) atoms. The molecule has 0 N–H and O–H groups in total. The Kier molecular flexibility index (Phi) is 7.09. The van der Waals surface area contributed by atoms with Gasteiger partial charge in [0.1, 0.15) is 0 Å². The number of rotatable bonds is 7. The van der Waals surface area contributed by atoms with E-state index in [0.717, 1.165) is 17.0 Å². The summed E-state index contributed by atoms with van der Waals surface area (Å²) in [7, 11) is 0.189. The molecule has 0 spiro atoms. The zero-order valence-electron chi connectivity index (χ0n) is 19.3. The minimum Gasteiger partial charge on any atom is -0.493 e. The highest BCUT2D eigenvalue weighted by molar-refractivity contribution is 7.91. The Balaban J connectivity index is 1.83. The van der Waals surface area contributed by atoms with Crippen molar-refractivity contribution in [2.24, 2.45) is 0 Å². The first-order chi connectivity index (χ1) is 14.9. The van der Waals surface area contributed by atoms with Crippen LogP contribution in [0.3, 0.4) is 0 Å². The molecule has 1 aliphatic heterocycles. The van der Waals surface area contributed by atoms with Crippen LogP contribution < -0.4 is 9.47 Å². The van der Waals surface area contributed by atoms with Gasteiger partial charge in [0.05, 0.1) is 41.5 Å². The van der Waals surface area contributed by atoms with Gasteiger partial charge >= 0.3 is 0 Å². The van der Waals surface area contributed by atoms with Crippen LogP contribution in [-0.2, 0) is 16.4 Å². The van der Waals surface area contributed by atoms with E-state index < -0.39 is 9.84 Å². The minimum atomic E-state index is -3.02. The van der Waals surface area contributed by atoms with Crippen LogP contribution in [0, 0.1) is 13.8 Å². The molecule has 3 rings (SSSR count). The fraction of sp³-hybridized carbons (Fsp3) is 0.545. The monoisotopic (exact) mass is 483 g/mol. The third-order valence-corrected chi connectivity index (χ3v) is 7.63. The molecule has 0 aliphatic carbocycles. The second-order valence-electron chi connectivity index (χ2n) is 8.47. The van der Waals surface area contributed by atoms with Crippen molar-refractivity contribution in [2.45, 2.75) is 52.8 Å². The summed E-state index contributed by atoms with van der Waals surface area (Å²) in [5, 5.41) is 4.88. The number of methoxy groups -OCH3 is 1. The number of carbonyl (C=O) groups excluding carboxylic acids is 1. The van der Waals surface area contributed by atoms with Crippen molar-refractivity contribution < 1.29 is 22.7 Å². The van der Waals surface area contributed by atoms with Gasteiger partial charge in [0.25, 0.3) is 5.91 Å². The lowest BCUT2D eigenvalue weighted by atomic mass is 10.1. The van der Waals surface area contributed by atoms with E-state index in [4.69, 9.17) is 21.1 Å². The molecule has 1 amide bonds. The predicted octanol–water partition coefficient (Wildman–Crippen LogP) is 3.58. The lowest BCUT2D eigenvalue weighted by molar-refractivity contribution is 0.0784. The lowest BCUT2D eigenvalue weighted by Gasteiger charge is -2.20. The van der Waals surface area contributed by atoms with Gasteiger partial charge in [0.15, 0.2) is 21.3 Å². The molecule has 1 aromatic carbocycles. The van der Waals surface area contributed by atoms with Crippen LogP contribution in [0.25, 0.3) is 0 Å². The van der Waals surface area contributed by atoms with Crippen molar-refractivity contribution in [2.75, 3.05) is 25.7 Å². The van der Waals surface area contributed by atoms with Crippen LogP contribution in [0.2, 0.25) is 5.02 Å². The van der Waals surface area contributed by atoms with Gasteiger partial charge in [-0.2, -0.15) is 5.10 Å². The maximum atomic E-state index is 13.1. The summed E-state index contributed by atoms with van der Waals surface area (Å²) in [5.41, 5.74) is 2.95. The molecule has 0 radical (unpaired) electrons. The van der Waals surface area contributed by atoms with Gasteiger partial charge < -0.3 is 14.4 Å². The van der Waals surface area contributed by atoms with Crippen molar-refractivity contribution >= 4 is 27.3 Å². The molecule has 1 aliphatic rings. The molecule has 8 nitrogen and oxygen atoms in total. The summed E-state index contributed by atoms with van der Waals surface area (Å²) in [5.74, 6) is 0.861. The molecule has 1 saturated heterocycles. The summed E-state index contributed by atoms with van der Waals surface area (Å²) in [6, 6.07) is 3.03. The summed E-state index contributed by atoms with van der Waals surface area (Å²) < 4.78 is 36.7. The minimum absolute atomic E-state index is 0.0945. The molecule has 1 fully saturated rings. The molecular weight excluding hydrogens is 454 g/mol. The van der Waals surface area contributed by atoms with Crippen molar-refractivity contribution in [3.63, 3.8) is 0 Å². The number of benzene rings is 1. The van der Waals surface area contributed by atoms with E-state index in [1.54, 1.807) is 28.8 Å². The number of sulfone groups is 1. The number of aryl methyl sites for hydroxylation is 1. The number of ether oxygens (including phenoxy) is 2. The molecule has 2 aromatic rings. The van der Waals surface area contributed by atoms with E-state index in [1.165, 1.54) is 7.11 Å². The SMILES string of the molecule is COc1cc(C(=O)N(C)Cc2c(C)nn([C@@H]3CCS(=O)(=O)C3)c2C)cc(Cl)c1OC(C)C. The highest BCUT2D eigenvalue weighted by atomic mass is 35.5. The van der Waals surface area contributed by atoms with E-state index in [9.17, 15) is 13.2 Å². The second kappa shape index (κ2) is 9.31. The standard InChI is InChI=1S/C22H30ClN3O5S/c1-13(2)31-21-19(23)9-16(10-20(21)30-6)22(27)25(5)11-18-14(3)24-26(15(18)4)17-7-8-32(28,29)12-17/h9-10,13,17H,7-8,11-12H2,1-6H3/t17-/m1/s1. The van der Waals surface area contributed by atoms with Crippen LogP contribution in [0.15, 0.2) is 12.1 Å². The molecule has 1 atom stereocenters. The highest BCUT2D eigenvalue weighted by Gasteiger charge is 2.32. The van der Waals surface area contributed by atoms with Crippen LogP contribution in [0.1, 0.15) is 53.6 Å². The second-order valence-corrected chi connectivity index (χ2v) is 11.1. The fourth-order valence-corrected chi connectivity index (χ4v) is 5.92. The number of aromatic nitrogens is 2. The average Bonchev–Trinajstić information content (AvgIpc) is 3.21. The van der Waals surface area contributed by atoms with E-state index >= 15 is 0 Å². The van der Waals surface area contributed by atoms with Gasteiger partial charge in [-0.15, -0.1) is 0 Å². The summed E-state index contributed by atoms with van der Waals surface area (Å²) in [6.45, 7) is 7.89. The van der Waals surface area contributed by atoms with Crippen molar-refractivity contribution in [3.05, 3.63) is 39.7 Å². The number of carbonyl (C=O) groups is 1. The number of amides is 1. The average molecular weight is 484 g/mol. The van der Waals surface area contributed by atoms with Gasteiger partial charge in [-0.05, 0) is 46.2 Å². The summed E-state index contributed by atoms with van der Waals surface area (Å²) in [4.78, 5) is 14.7. The van der Waals surface area contributed by atoms with Crippen molar-refractivity contribution in [1.82, 2.24) is 14.7 Å². The highest BCUT2D eigenvalue weighted by Crippen LogP contribution is 2.37. The molecule has 1 aromatic heterocycles. The number of hydrogen-bond donors (Lipinski definition) is 0. The maximum absolute atomic E-state index is 13.1. The van der Waals surface area contributed by atoms with E-state index in [2.05, 4.69) is 5.10 Å². The number of hydrogen-bond acceptors (Lipinski definition) is 6. The Labute approximate surface area is 194 Å². The molecule has 0 bridgehead atoms. The lowest BCUT2D eigenvalue weighted by Crippen LogP contribution is -2.27. The van der Waals surface area contributed by atoms with Gasteiger partial charge in [0.2, 0.25) is 0 Å². The van der Waals surface area contributed by atoms with E-state index in [0.29, 0.717) is 35.1 Å². The van der Waals surface area contributed by atoms with Gasteiger partial charge in [0, 0.05) is 30.4 Å². The van der Waals surface area contributed by atoms with Crippen molar-refractivity contribution in [1.29, 1.82) is 0 Å². The quantitative estimate of drug-likeness (QED) is 0.597. The first kappa shape index (κ1) is 24.4. The summed E-state index contributed by atoms with van der Waals surface area (Å²) in [6.07, 6.45) is 0.463. The van der Waals surface area contributed by atoms with Crippen LogP contribution in [0.5, 0.6) is 11.5 Å². The molecule has 0 saturated carbocycles. The van der Waals surface area contributed by atoms with Crippen LogP contribution in [0.4, 0.5) is 0 Å². The molecular formula is C22H30ClN3O5S. The molecule has 176 valence electrons. The predicted molar refractivity (Wildman–Crippen MR) is 124 cm³/mol. The van der Waals surface area contributed by atoms with Gasteiger partial charge in [-0.3, -0.25) is 9.48 Å². The Hall–Kier alpha value is -2.26. The first-order valence-electron chi connectivity index (χ1n) is 10.5. The molecule has 2 heterocycles. The van der Waals surface area contributed by atoms with E-state index in [-0.39, 0.29) is 29.6 Å². The van der Waals surface area contributed by atoms with Crippen molar-refractivity contribution in [3.8, 4) is 11.5 Å². The normalized spacial score (nSPS) is 17.6. The Morgan fingerprint density at radius 1 is 1.34 bits per heavy atom. The van der Waals surface area contributed by atoms with Gasteiger partial charge in [-0.1, -0.05) is 11.6 Å². The first-order valence-corrected chi connectivity index (χ1v) is 12.7. The fourth-order valence-electron chi connectivity index (χ4n) is 3.97. The Bertz CT molecular complexity index is 1130. The third kappa shape index (κ3) is 5.04. The molecule has 0 unspecified atom stereocenters. The zero-order valence-corrected chi connectivity index (χ0v) is 20.9. The smallest absolute Gasteiger partial charge is 0.254 e.